The summed E-state index contributed by atoms with van der Waals surface area (Å²) in [6.07, 6.45) is 4.11. The first-order valence-electron chi connectivity index (χ1n) is 8.82. The van der Waals surface area contributed by atoms with Gasteiger partial charge in [0.2, 0.25) is 5.91 Å². The van der Waals surface area contributed by atoms with Gasteiger partial charge in [0.1, 0.15) is 11.9 Å². The third-order valence-electron chi connectivity index (χ3n) is 4.62. The van der Waals surface area contributed by atoms with Gasteiger partial charge in [-0.25, -0.2) is 4.39 Å². The van der Waals surface area contributed by atoms with Crippen LogP contribution in [-0.4, -0.2) is 39.0 Å². The number of carbonyl (C=O) groups is 2. The number of halogens is 1. The number of benzene rings is 1. The molecule has 27 heavy (non-hydrogen) atoms. The van der Waals surface area contributed by atoms with Crippen molar-refractivity contribution < 1.29 is 14.0 Å². The van der Waals surface area contributed by atoms with Crippen molar-refractivity contribution in [3.05, 3.63) is 54.0 Å². The van der Waals surface area contributed by atoms with Gasteiger partial charge in [0, 0.05) is 18.3 Å². The number of aromatic nitrogens is 3. The SMILES string of the molecule is O=C(NC1CCCCNC1=O)c1cccn2c(-c3ccc(F)cc3)nnc12. The van der Waals surface area contributed by atoms with Gasteiger partial charge in [-0.15, -0.1) is 10.2 Å². The monoisotopic (exact) mass is 367 g/mol. The molecule has 1 aromatic carbocycles. The molecule has 8 heteroatoms. The van der Waals surface area contributed by atoms with Crippen LogP contribution in [0.25, 0.3) is 17.0 Å². The van der Waals surface area contributed by atoms with Crippen molar-refractivity contribution in [1.29, 1.82) is 0 Å². The van der Waals surface area contributed by atoms with Crippen LogP contribution in [0.1, 0.15) is 29.6 Å². The zero-order valence-electron chi connectivity index (χ0n) is 14.5. The number of pyridine rings is 1. The summed E-state index contributed by atoms with van der Waals surface area (Å²) in [7, 11) is 0. The van der Waals surface area contributed by atoms with Crippen molar-refractivity contribution in [3.8, 4) is 11.4 Å². The van der Waals surface area contributed by atoms with Crippen LogP contribution in [0.2, 0.25) is 0 Å². The highest BCUT2D eigenvalue weighted by atomic mass is 19.1. The van der Waals surface area contributed by atoms with Gasteiger partial charge in [-0.2, -0.15) is 0 Å². The average Bonchev–Trinajstić information content (AvgIpc) is 3.01. The molecule has 0 aliphatic carbocycles. The van der Waals surface area contributed by atoms with E-state index in [1.54, 1.807) is 34.9 Å². The molecule has 3 aromatic rings. The molecule has 2 N–H and O–H groups in total. The third kappa shape index (κ3) is 3.38. The molecule has 3 heterocycles. The zero-order valence-corrected chi connectivity index (χ0v) is 14.5. The highest BCUT2D eigenvalue weighted by Crippen LogP contribution is 2.20. The van der Waals surface area contributed by atoms with Crippen molar-refractivity contribution in [2.24, 2.45) is 0 Å². The second-order valence-electron chi connectivity index (χ2n) is 6.46. The molecule has 0 bridgehead atoms. The van der Waals surface area contributed by atoms with E-state index in [2.05, 4.69) is 20.8 Å². The van der Waals surface area contributed by atoms with Crippen LogP contribution in [0.5, 0.6) is 0 Å². The Morgan fingerprint density at radius 2 is 2.00 bits per heavy atom. The van der Waals surface area contributed by atoms with Gasteiger partial charge < -0.3 is 10.6 Å². The van der Waals surface area contributed by atoms with E-state index in [0.717, 1.165) is 12.8 Å². The topological polar surface area (TPSA) is 88.4 Å². The summed E-state index contributed by atoms with van der Waals surface area (Å²) < 4.78 is 14.8. The standard InChI is InChI=1S/C19H18FN5O2/c20-13-8-6-12(7-9-13)16-23-24-17-14(4-3-11-25(16)17)18(26)22-15-5-1-2-10-21-19(15)27/h3-4,6-9,11,15H,1-2,5,10H2,(H,21,27)(H,22,26). The van der Waals surface area contributed by atoms with Crippen LogP contribution in [0.15, 0.2) is 42.6 Å². The summed E-state index contributed by atoms with van der Waals surface area (Å²) in [4.78, 5) is 24.8. The Bertz CT molecular complexity index is 999. The van der Waals surface area contributed by atoms with Gasteiger partial charge in [0.25, 0.3) is 5.91 Å². The molecule has 1 aliphatic rings. The first kappa shape index (κ1) is 17.1. The molecular weight excluding hydrogens is 349 g/mol. The van der Waals surface area contributed by atoms with Crippen LogP contribution in [0.4, 0.5) is 4.39 Å². The number of hydrogen-bond acceptors (Lipinski definition) is 4. The minimum absolute atomic E-state index is 0.165. The average molecular weight is 367 g/mol. The van der Waals surface area contributed by atoms with E-state index in [-0.39, 0.29) is 17.6 Å². The molecule has 1 saturated heterocycles. The van der Waals surface area contributed by atoms with Crippen molar-refractivity contribution in [2.75, 3.05) is 6.54 Å². The Labute approximate surface area is 154 Å². The van der Waals surface area contributed by atoms with Crippen LogP contribution in [-0.2, 0) is 4.79 Å². The van der Waals surface area contributed by atoms with E-state index in [9.17, 15) is 14.0 Å². The van der Waals surface area contributed by atoms with Crippen LogP contribution in [0, 0.1) is 5.82 Å². The van der Waals surface area contributed by atoms with Gasteiger partial charge in [-0.05, 0) is 55.7 Å². The Morgan fingerprint density at radius 3 is 2.81 bits per heavy atom. The van der Waals surface area contributed by atoms with Crippen molar-refractivity contribution >= 4 is 17.5 Å². The molecule has 1 fully saturated rings. The Kier molecular flexibility index (Phi) is 4.53. The quantitative estimate of drug-likeness (QED) is 0.740. The number of fused-ring (bicyclic) bond motifs is 1. The number of nitrogens with zero attached hydrogens (tertiary/aromatic N) is 3. The molecule has 4 rings (SSSR count). The van der Waals surface area contributed by atoms with Crippen LogP contribution in [0.3, 0.4) is 0 Å². The van der Waals surface area contributed by atoms with Crippen LogP contribution < -0.4 is 10.6 Å². The first-order chi connectivity index (χ1) is 13.1. The molecule has 0 saturated carbocycles. The maximum atomic E-state index is 13.2. The van der Waals surface area contributed by atoms with E-state index in [1.165, 1.54) is 12.1 Å². The van der Waals surface area contributed by atoms with Gasteiger partial charge in [-0.1, -0.05) is 0 Å². The number of amides is 2. The molecule has 138 valence electrons. The first-order valence-corrected chi connectivity index (χ1v) is 8.82. The molecule has 1 unspecified atom stereocenters. The Hall–Kier alpha value is -3.29. The zero-order chi connectivity index (χ0) is 18.8. The molecule has 1 atom stereocenters. The largest absolute Gasteiger partial charge is 0.354 e. The fourth-order valence-corrected chi connectivity index (χ4v) is 3.20. The van der Waals surface area contributed by atoms with Gasteiger partial charge >= 0.3 is 0 Å². The second-order valence-corrected chi connectivity index (χ2v) is 6.46. The summed E-state index contributed by atoms with van der Waals surface area (Å²) in [5.41, 5.74) is 1.39. The minimum atomic E-state index is -0.556. The lowest BCUT2D eigenvalue weighted by Crippen LogP contribution is -2.45. The minimum Gasteiger partial charge on any atom is -0.354 e. The van der Waals surface area contributed by atoms with Crippen LogP contribution >= 0.6 is 0 Å². The molecule has 2 aromatic heterocycles. The maximum absolute atomic E-state index is 13.2. The second kappa shape index (κ2) is 7.14. The maximum Gasteiger partial charge on any atom is 0.255 e. The molecule has 2 amide bonds. The summed E-state index contributed by atoms with van der Waals surface area (Å²) >= 11 is 0. The third-order valence-corrected chi connectivity index (χ3v) is 4.62. The highest BCUT2D eigenvalue weighted by molar-refractivity contribution is 6.02. The van der Waals surface area contributed by atoms with E-state index >= 15 is 0 Å². The molecule has 0 spiro atoms. The van der Waals surface area contributed by atoms with Crippen molar-refractivity contribution in [2.45, 2.75) is 25.3 Å². The number of rotatable bonds is 3. The Balaban J connectivity index is 1.65. The van der Waals surface area contributed by atoms with E-state index in [4.69, 9.17) is 0 Å². The summed E-state index contributed by atoms with van der Waals surface area (Å²) in [6.45, 7) is 0.631. The summed E-state index contributed by atoms with van der Waals surface area (Å²) in [5.74, 6) is -0.372. The predicted molar refractivity (Wildman–Crippen MR) is 96.5 cm³/mol. The number of hydrogen-bond donors (Lipinski definition) is 2. The molecular formula is C19H18FN5O2. The number of carbonyl (C=O) groups excluding carboxylic acids is 2. The number of nitrogens with one attached hydrogen (secondary N) is 2. The van der Waals surface area contributed by atoms with Gasteiger partial charge in [0.05, 0.1) is 5.56 Å². The fraction of sp³-hybridized carbons (Fsp3) is 0.263. The normalized spacial score (nSPS) is 17.4. The predicted octanol–water partition coefficient (Wildman–Crippen LogP) is 1.93. The lowest BCUT2D eigenvalue weighted by molar-refractivity contribution is -0.122. The summed E-state index contributed by atoms with van der Waals surface area (Å²) in [5, 5.41) is 13.9. The Morgan fingerprint density at radius 1 is 1.19 bits per heavy atom. The van der Waals surface area contributed by atoms with E-state index in [1.807, 2.05) is 0 Å². The van der Waals surface area contributed by atoms with Gasteiger partial charge in [0.15, 0.2) is 11.5 Å². The van der Waals surface area contributed by atoms with Crippen molar-refractivity contribution in [3.63, 3.8) is 0 Å². The lowest BCUT2D eigenvalue weighted by atomic mass is 10.1. The molecule has 7 nitrogen and oxygen atoms in total. The molecule has 1 aliphatic heterocycles. The van der Waals surface area contributed by atoms with E-state index < -0.39 is 6.04 Å². The van der Waals surface area contributed by atoms with Gasteiger partial charge in [-0.3, -0.25) is 14.0 Å². The smallest absolute Gasteiger partial charge is 0.255 e. The molecule has 0 radical (unpaired) electrons. The lowest BCUT2D eigenvalue weighted by Gasteiger charge is -2.15. The highest BCUT2D eigenvalue weighted by Gasteiger charge is 2.24. The summed E-state index contributed by atoms with van der Waals surface area (Å²) in [6, 6.07) is 8.70. The fourth-order valence-electron chi connectivity index (χ4n) is 3.20. The van der Waals surface area contributed by atoms with Crippen molar-refractivity contribution in [1.82, 2.24) is 25.2 Å². The van der Waals surface area contributed by atoms with E-state index in [0.29, 0.717) is 35.6 Å².